The highest BCUT2D eigenvalue weighted by Gasteiger charge is 2.06. The van der Waals surface area contributed by atoms with Gasteiger partial charge >= 0.3 is 0 Å². The summed E-state index contributed by atoms with van der Waals surface area (Å²) in [5, 5.41) is 11.4. The number of imidazole rings is 1. The van der Waals surface area contributed by atoms with E-state index in [1.807, 2.05) is 18.2 Å². The van der Waals surface area contributed by atoms with Gasteiger partial charge in [-0.25, -0.2) is 4.98 Å². The first-order valence-corrected chi connectivity index (χ1v) is 7.91. The maximum Gasteiger partial charge on any atom is 0.269 e. The highest BCUT2D eigenvalue weighted by Crippen LogP contribution is 2.25. The third-order valence-electron chi connectivity index (χ3n) is 2.94. The maximum atomic E-state index is 10.6. The predicted octanol–water partition coefficient (Wildman–Crippen LogP) is 4.53. The summed E-state index contributed by atoms with van der Waals surface area (Å²) in [5.74, 6) is 0.707. The van der Waals surface area contributed by atoms with Crippen LogP contribution in [0.15, 0.2) is 52.1 Å². The molecule has 0 amide bonds. The van der Waals surface area contributed by atoms with Gasteiger partial charge in [0.15, 0.2) is 5.16 Å². The largest absolute Gasteiger partial charge is 0.333 e. The first-order valence-electron chi connectivity index (χ1n) is 6.13. The molecule has 0 spiro atoms. The number of aromatic nitrogens is 2. The molecule has 1 aromatic heterocycles. The second-order valence-corrected chi connectivity index (χ2v) is 6.30. The zero-order valence-corrected chi connectivity index (χ0v) is 13.1. The molecular weight excluding hydrogens is 354 g/mol. The second-order valence-electron chi connectivity index (χ2n) is 4.42. The van der Waals surface area contributed by atoms with Crippen molar-refractivity contribution < 1.29 is 4.92 Å². The minimum atomic E-state index is -0.395. The Morgan fingerprint density at radius 3 is 2.71 bits per heavy atom. The summed E-state index contributed by atoms with van der Waals surface area (Å²) >= 11 is 4.99. The first-order chi connectivity index (χ1) is 10.1. The molecule has 1 N–H and O–H groups in total. The van der Waals surface area contributed by atoms with Crippen LogP contribution in [0.2, 0.25) is 0 Å². The van der Waals surface area contributed by atoms with Crippen molar-refractivity contribution >= 4 is 44.4 Å². The van der Waals surface area contributed by atoms with Gasteiger partial charge < -0.3 is 4.98 Å². The van der Waals surface area contributed by atoms with Crippen LogP contribution >= 0.6 is 27.7 Å². The number of rotatable bonds is 4. The summed E-state index contributed by atoms with van der Waals surface area (Å²) < 4.78 is 1.01. The van der Waals surface area contributed by atoms with Gasteiger partial charge in [0.2, 0.25) is 0 Å². The van der Waals surface area contributed by atoms with Crippen molar-refractivity contribution in [3.05, 3.63) is 62.6 Å². The number of thioether (sulfide) groups is 1. The van der Waals surface area contributed by atoms with E-state index in [9.17, 15) is 10.1 Å². The Bertz CT molecular complexity index is 802. The molecule has 3 rings (SSSR count). The number of H-pyrrole nitrogens is 1. The topological polar surface area (TPSA) is 71.8 Å². The lowest BCUT2D eigenvalue weighted by atomic mass is 10.2. The van der Waals surface area contributed by atoms with Crippen LogP contribution in [0.4, 0.5) is 5.69 Å². The Morgan fingerprint density at radius 2 is 2.00 bits per heavy atom. The van der Waals surface area contributed by atoms with Crippen LogP contribution < -0.4 is 0 Å². The average molecular weight is 364 g/mol. The molecule has 106 valence electrons. The van der Waals surface area contributed by atoms with Crippen LogP contribution in [-0.2, 0) is 5.75 Å². The molecule has 5 nitrogen and oxygen atoms in total. The number of aromatic amines is 1. The zero-order chi connectivity index (χ0) is 14.8. The minimum absolute atomic E-state index is 0.109. The smallest absolute Gasteiger partial charge is 0.269 e. The van der Waals surface area contributed by atoms with Crippen LogP contribution in [0.5, 0.6) is 0 Å². The molecule has 0 saturated heterocycles. The maximum absolute atomic E-state index is 10.6. The summed E-state index contributed by atoms with van der Waals surface area (Å²) in [4.78, 5) is 17.9. The summed E-state index contributed by atoms with van der Waals surface area (Å²) in [6.45, 7) is 0. The Labute approximate surface area is 133 Å². The van der Waals surface area contributed by atoms with E-state index in [-0.39, 0.29) is 5.69 Å². The van der Waals surface area contributed by atoms with Crippen molar-refractivity contribution in [1.82, 2.24) is 9.97 Å². The molecule has 0 fully saturated rings. The lowest BCUT2D eigenvalue weighted by Gasteiger charge is -1.98. The Kier molecular flexibility index (Phi) is 3.94. The fraction of sp³-hybridized carbons (Fsp3) is 0.0714. The third kappa shape index (κ3) is 3.25. The summed E-state index contributed by atoms with van der Waals surface area (Å²) in [6, 6.07) is 12.5. The molecule has 0 aliphatic rings. The van der Waals surface area contributed by atoms with Crippen molar-refractivity contribution in [3.8, 4) is 0 Å². The molecule has 0 saturated carbocycles. The van der Waals surface area contributed by atoms with Crippen molar-refractivity contribution in [2.45, 2.75) is 10.9 Å². The van der Waals surface area contributed by atoms with E-state index in [1.54, 1.807) is 23.9 Å². The van der Waals surface area contributed by atoms with E-state index in [1.165, 1.54) is 12.1 Å². The summed E-state index contributed by atoms with van der Waals surface area (Å²) in [6.07, 6.45) is 0. The summed E-state index contributed by atoms with van der Waals surface area (Å²) in [5.41, 5.74) is 3.03. The van der Waals surface area contributed by atoms with E-state index >= 15 is 0 Å². The first kappa shape index (κ1) is 14.1. The van der Waals surface area contributed by atoms with Crippen molar-refractivity contribution in [2.75, 3.05) is 0 Å². The van der Waals surface area contributed by atoms with Crippen molar-refractivity contribution in [3.63, 3.8) is 0 Å². The molecule has 0 atom stereocenters. The highest BCUT2D eigenvalue weighted by molar-refractivity contribution is 9.10. The second kappa shape index (κ2) is 5.87. The predicted molar refractivity (Wildman–Crippen MR) is 86.5 cm³/mol. The minimum Gasteiger partial charge on any atom is -0.333 e. The molecular formula is C14H10BrN3O2S. The number of nitro groups is 1. The molecule has 7 heteroatoms. The van der Waals surface area contributed by atoms with Gasteiger partial charge in [0.1, 0.15) is 0 Å². The van der Waals surface area contributed by atoms with Crippen LogP contribution in [0.25, 0.3) is 11.0 Å². The van der Waals surface area contributed by atoms with Crippen LogP contribution in [-0.4, -0.2) is 14.9 Å². The third-order valence-corrected chi connectivity index (χ3v) is 4.38. The Hall–Kier alpha value is -1.86. The van der Waals surface area contributed by atoms with Crippen LogP contribution in [0.1, 0.15) is 5.56 Å². The number of hydrogen-bond donors (Lipinski definition) is 1. The SMILES string of the molecule is O=[N+]([O-])c1ccc(CSc2nc3ccc(Br)cc3[nH]2)cc1. The molecule has 1 heterocycles. The van der Waals surface area contributed by atoms with Crippen molar-refractivity contribution in [1.29, 1.82) is 0 Å². The monoisotopic (exact) mass is 363 g/mol. The number of hydrogen-bond acceptors (Lipinski definition) is 4. The van der Waals surface area contributed by atoms with Gasteiger partial charge in [-0.05, 0) is 23.8 Å². The molecule has 3 aromatic rings. The zero-order valence-electron chi connectivity index (χ0n) is 10.7. The summed E-state index contributed by atoms with van der Waals surface area (Å²) in [7, 11) is 0. The van der Waals surface area contributed by atoms with Gasteiger partial charge in [-0.2, -0.15) is 0 Å². The number of halogens is 1. The van der Waals surface area contributed by atoms with E-state index in [0.29, 0.717) is 5.75 Å². The standard InChI is InChI=1S/C14H10BrN3O2S/c15-10-3-6-12-13(7-10)17-14(16-12)21-8-9-1-4-11(5-2-9)18(19)20/h1-7H,8H2,(H,16,17). The Morgan fingerprint density at radius 1 is 1.24 bits per heavy atom. The fourth-order valence-electron chi connectivity index (χ4n) is 1.89. The Balaban J connectivity index is 1.72. The molecule has 21 heavy (non-hydrogen) atoms. The molecule has 0 aliphatic heterocycles. The molecule has 0 bridgehead atoms. The number of nitro benzene ring substituents is 1. The molecule has 0 aliphatic carbocycles. The van der Waals surface area contributed by atoms with Crippen LogP contribution in [0.3, 0.4) is 0 Å². The highest BCUT2D eigenvalue weighted by atomic mass is 79.9. The molecule has 0 radical (unpaired) electrons. The van der Waals surface area contributed by atoms with E-state index in [2.05, 4.69) is 25.9 Å². The van der Waals surface area contributed by atoms with E-state index in [0.717, 1.165) is 26.2 Å². The molecule has 0 unspecified atom stereocenters. The number of non-ortho nitro benzene ring substituents is 1. The lowest BCUT2D eigenvalue weighted by molar-refractivity contribution is -0.384. The van der Waals surface area contributed by atoms with Gasteiger partial charge in [-0.3, -0.25) is 10.1 Å². The van der Waals surface area contributed by atoms with Gasteiger partial charge in [0, 0.05) is 22.4 Å². The van der Waals surface area contributed by atoms with E-state index < -0.39 is 4.92 Å². The molecule has 2 aromatic carbocycles. The number of benzene rings is 2. The van der Waals surface area contributed by atoms with E-state index in [4.69, 9.17) is 0 Å². The number of fused-ring (bicyclic) bond motifs is 1. The van der Waals surface area contributed by atoms with Gasteiger partial charge in [0.05, 0.1) is 16.0 Å². The van der Waals surface area contributed by atoms with Gasteiger partial charge in [-0.1, -0.05) is 39.8 Å². The van der Waals surface area contributed by atoms with Gasteiger partial charge in [-0.15, -0.1) is 0 Å². The fourth-order valence-corrected chi connectivity index (χ4v) is 3.09. The van der Waals surface area contributed by atoms with Crippen LogP contribution in [0, 0.1) is 10.1 Å². The quantitative estimate of drug-likeness (QED) is 0.420. The normalized spacial score (nSPS) is 10.9. The van der Waals surface area contributed by atoms with Gasteiger partial charge in [0.25, 0.3) is 5.69 Å². The average Bonchev–Trinajstić information content (AvgIpc) is 2.87. The van der Waals surface area contributed by atoms with Crippen molar-refractivity contribution in [2.24, 2.45) is 0 Å². The lowest BCUT2D eigenvalue weighted by Crippen LogP contribution is -1.88. The number of nitrogens with zero attached hydrogens (tertiary/aromatic N) is 2. The number of nitrogens with one attached hydrogen (secondary N) is 1.